The molecule has 0 unspecified atom stereocenters. The molecule has 1 aromatic carbocycles. The van der Waals surface area contributed by atoms with Gasteiger partial charge in [-0.05, 0) is 18.2 Å². The predicted octanol–water partition coefficient (Wildman–Crippen LogP) is 2.34. The molecule has 0 aliphatic rings. The molecule has 0 fully saturated rings. The maximum Gasteiger partial charge on any atom is 0.220 e. The fourth-order valence-corrected chi connectivity index (χ4v) is 1.43. The molecule has 1 heterocycles. The van der Waals surface area contributed by atoms with Gasteiger partial charge in [0, 0.05) is 18.3 Å². The molecule has 0 radical (unpaired) electrons. The topological polar surface area (TPSA) is 81.2 Å². The van der Waals surface area contributed by atoms with Crippen molar-refractivity contribution in [2.75, 3.05) is 12.8 Å². The molecule has 0 spiro atoms. The number of methoxy groups -OCH3 is 1. The third-order valence-electron chi connectivity index (χ3n) is 2.29. The van der Waals surface area contributed by atoms with Gasteiger partial charge in [0.05, 0.1) is 24.4 Å². The monoisotopic (exact) mass is 241 g/mol. The summed E-state index contributed by atoms with van der Waals surface area (Å²) in [5, 5.41) is 8.77. The quantitative estimate of drug-likeness (QED) is 0.834. The summed E-state index contributed by atoms with van der Waals surface area (Å²) in [6.45, 7) is 0. The number of ether oxygens (including phenoxy) is 2. The Kier molecular flexibility index (Phi) is 3.30. The highest BCUT2D eigenvalue weighted by molar-refractivity contribution is 5.56. The number of pyridine rings is 1. The molecule has 0 aliphatic heterocycles. The number of hydrogen-bond donors (Lipinski definition) is 1. The van der Waals surface area contributed by atoms with E-state index in [0.29, 0.717) is 28.6 Å². The van der Waals surface area contributed by atoms with Gasteiger partial charge in [0.1, 0.15) is 11.5 Å². The molecule has 1 aromatic heterocycles. The van der Waals surface area contributed by atoms with Crippen LogP contribution in [0.25, 0.3) is 0 Å². The zero-order valence-corrected chi connectivity index (χ0v) is 9.75. The van der Waals surface area contributed by atoms with Crippen LogP contribution in [0.3, 0.4) is 0 Å². The first kappa shape index (κ1) is 11.7. The highest BCUT2D eigenvalue weighted by atomic mass is 16.5. The third kappa shape index (κ3) is 2.50. The number of nitrogens with zero attached hydrogens (tertiary/aromatic N) is 2. The van der Waals surface area contributed by atoms with Gasteiger partial charge in [-0.2, -0.15) is 5.26 Å². The third-order valence-corrected chi connectivity index (χ3v) is 2.29. The molecule has 0 aliphatic carbocycles. The van der Waals surface area contributed by atoms with Crippen molar-refractivity contribution < 1.29 is 9.47 Å². The molecular formula is C13H11N3O2. The predicted molar refractivity (Wildman–Crippen MR) is 66.4 cm³/mol. The van der Waals surface area contributed by atoms with Gasteiger partial charge >= 0.3 is 0 Å². The van der Waals surface area contributed by atoms with Crippen LogP contribution in [0.4, 0.5) is 5.69 Å². The van der Waals surface area contributed by atoms with Gasteiger partial charge in [-0.25, -0.2) is 4.98 Å². The van der Waals surface area contributed by atoms with Crippen molar-refractivity contribution in [3.05, 3.63) is 42.1 Å². The average Bonchev–Trinajstić information content (AvgIpc) is 2.39. The van der Waals surface area contributed by atoms with Crippen molar-refractivity contribution in [2.24, 2.45) is 0 Å². The Labute approximate surface area is 104 Å². The Morgan fingerprint density at radius 3 is 2.78 bits per heavy atom. The van der Waals surface area contributed by atoms with Gasteiger partial charge in [0.25, 0.3) is 0 Å². The minimum Gasteiger partial charge on any atom is -0.495 e. The van der Waals surface area contributed by atoms with E-state index in [2.05, 4.69) is 4.98 Å². The minimum atomic E-state index is 0.346. The standard InChI is InChI=1S/C13H11N3O2/c1-17-12-3-2-10(7-11(12)15)18-13-6-9(8-14)4-5-16-13/h2-7H,15H2,1H3. The van der Waals surface area contributed by atoms with Crippen LogP contribution in [0.1, 0.15) is 5.56 Å². The van der Waals surface area contributed by atoms with Crippen LogP contribution in [-0.4, -0.2) is 12.1 Å². The summed E-state index contributed by atoms with van der Waals surface area (Å²) in [6.07, 6.45) is 1.51. The van der Waals surface area contributed by atoms with Crippen LogP contribution in [-0.2, 0) is 0 Å². The van der Waals surface area contributed by atoms with Crippen molar-refractivity contribution in [3.63, 3.8) is 0 Å². The van der Waals surface area contributed by atoms with Crippen LogP contribution in [0.2, 0.25) is 0 Å². The van der Waals surface area contributed by atoms with E-state index in [1.54, 1.807) is 37.4 Å². The summed E-state index contributed by atoms with van der Waals surface area (Å²) < 4.78 is 10.6. The lowest BCUT2D eigenvalue weighted by Gasteiger charge is -2.08. The molecule has 0 atom stereocenters. The van der Waals surface area contributed by atoms with E-state index in [4.69, 9.17) is 20.5 Å². The van der Waals surface area contributed by atoms with Gasteiger partial charge in [0.15, 0.2) is 0 Å². The first-order chi connectivity index (χ1) is 8.72. The van der Waals surface area contributed by atoms with Crippen molar-refractivity contribution >= 4 is 5.69 Å². The molecule has 0 bridgehead atoms. The van der Waals surface area contributed by atoms with Crippen LogP contribution in [0.5, 0.6) is 17.4 Å². The summed E-state index contributed by atoms with van der Waals surface area (Å²) in [7, 11) is 1.55. The van der Waals surface area contributed by atoms with Gasteiger partial charge in [-0.1, -0.05) is 0 Å². The summed E-state index contributed by atoms with van der Waals surface area (Å²) in [5.41, 5.74) is 6.73. The van der Waals surface area contributed by atoms with Crippen LogP contribution >= 0.6 is 0 Å². The molecule has 0 saturated heterocycles. The van der Waals surface area contributed by atoms with Crippen molar-refractivity contribution in [1.29, 1.82) is 5.26 Å². The molecule has 90 valence electrons. The molecule has 2 aromatic rings. The number of anilines is 1. The maximum atomic E-state index is 8.77. The summed E-state index contributed by atoms with van der Waals surface area (Å²) in [4.78, 5) is 4.01. The van der Waals surface area contributed by atoms with Crippen LogP contribution in [0, 0.1) is 11.3 Å². The molecular weight excluding hydrogens is 230 g/mol. The summed E-state index contributed by atoms with van der Waals surface area (Å²) in [6, 6.07) is 10.2. The van der Waals surface area contributed by atoms with E-state index in [-0.39, 0.29) is 0 Å². The Hall–Kier alpha value is -2.74. The Morgan fingerprint density at radius 2 is 2.11 bits per heavy atom. The first-order valence-electron chi connectivity index (χ1n) is 5.20. The number of nitriles is 1. The summed E-state index contributed by atoms with van der Waals surface area (Å²) >= 11 is 0. The lowest BCUT2D eigenvalue weighted by molar-refractivity contribution is 0.414. The smallest absolute Gasteiger partial charge is 0.220 e. The Morgan fingerprint density at radius 1 is 1.28 bits per heavy atom. The average molecular weight is 241 g/mol. The summed E-state index contributed by atoms with van der Waals surface area (Å²) in [5.74, 6) is 1.47. The van der Waals surface area contributed by atoms with E-state index < -0.39 is 0 Å². The second-order valence-corrected chi connectivity index (χ2v) is 3.50. The maximum absolute atomic E-state index is 8.77. The Balaban J connectivity index is 2.23. The van der Waals surface area contributed by atoms with Gasteiger partial charge < -0.3 is 15.2 Å². The van der Waals surface area contributed by atoms with E-state index in [9.17, 15) is 0 Å². The highest BCUT2D eigenvalue weighted by Crippen LogP contribution is 2.28. The molecule has 0 saturated carbocycles. The molecule has 5 nitrogen and oxygen atoms in total. The Bertz CT molecular complexity index is 605. The lowest BCUT2D eigenvalue weighted by atomic mass is 10.3. The fraction of sp³-hybridized carbons (Fsp3) is 0.0769. The highest BCUT2D eigenvalue weighted by Gasteiger charge is 2.04. The number of rotatable bonds is 3. The fourth-order valence-electron chi connectivity index (χ4n) is 1.43. The number of aromatic nitrogens is 1. The number of hydrogen-bond acceptors (Lipinski definition) is 5. The van der Waals surface area contributed by atoms with Crippen molar-refractivity contribution in [1.82, 2.24) is 4.98 Å². The SMILES string of the molecule is COc1ccc(Oc2cc(C#N)ccn2)cc1N. The normalized spacial score (nSPS) is 9.56. The van der Waals surface area contributed by atoms with Crippen LogP contribution in [0.15, 0.2) is 36.5 Å². The van der Waals surface area contributed by atoms with E-state index >= 15 is 0 Å². The molecule has 2 rings (SSSR count). The number of benzene rings is 1. The van der Waals surface area contributed by atoms with E-state index in [1.807, 2.05) is 6.07 Å². The number of nitrogens with two attached hydrogens (primary N) is 1. The minimum absolute atomic E-state index is 0.346. The first-order valence-corrected chi connectivity index (χ1v) is 5.20. The zero-order chi connectivity index (χ0) is 13.0. The molecule has 5 heteroatoms. The zero-order valence-electron chi connectivity index (χ0n) is 9.75. The van der Waals surface area contributed by atoms with Crippen molar-refractivity contribution in [3.8, 4) is 23.4 Å². The second-order valence-electron chi connectivity index (χ2n) is 3.50. The lowest BCUT2D eigenvalue weighted by Crippen LogP contribution is -1.94. The van der Waals surface area contributed by atoms with Crippen LogP contribution < -0.4 is 15.2 Å². The van der Waals surface area contributed by atoms with E-state index in [1.165, 1.54) is 6.20 Å². The number of nitrogen functional groups attached to an aromatic ring is 1. The van der Waals surface area contributed by atoms with E-state index in [0.717, 1.165) is 0 Å². The van der Waals surface area contributed by atoms with Crippen molar-refractivity contribution in [2.45, 2.75) is 0 Å². The second kappa shape index (κ2) is 5.06. The van der Waals surface area contributed by atoms with Gasteiger partial charge in [-0.3, -0.25) is 0 Å². The van der Waals surface area contributed by atoms with Gasteiger partial charge in [0.2, 0.25) is 5.88 Å². The molecule has 18 heavy (non-hydrogen) atoms. The molecule has 2 N–H and O–H groups in total. The molecule has 0 amide bonds. The van der Waals surface area contributed by atoms with Gasteiger partial charge in [-0.15, -0.1) is 0 Å². The largest absolute Gasteiger partial charge is 0.495 e.